The number of nitrogens with one attached hydrogen (secondary N) is 2. The molecule has 0 saturated carbocycles. The molecule has 0 spiro atoms. The van der Waals surface area contributed by atoms with Gasteiger partial charge in [0.05, 0.1) is 11.2 Å². The van der Waals surface area contributed by atoms with Crippen molar-refractivity contribution in [2.24, 2.45) is 0 Å². The van der Waals surface area contributed by atoms with Crippen molar-refractivity contribution in [1.82, 2.24) is 15.3 Å². The summed E-state index contributed by atoms with van der Waals surface area (Å²) in [6, 6.07) is 15.5. The van der Waals surface area contributed by atoms with Crippen LogP contribution in [-0.4, -0.2) is 33.6 Å². The molecule has 0 fully saturated rings. The Balaban J connectivity index is 1.69. The van der Waals surface area contributed by atoms with Crippen LogP contribution in [0.3, 0.4) is 0 Å². The Bertz CT molecular complexity index is 1410. The molecule has 3 aromatic rings. The first kappa shape index (κ1) is 25.8. The molecule has 4 rings (SSSR count). The Morgan fingerprint density at radius 3 is 2.46 bits per heavy atom. The van der Waals surface area contributed by atoms with Gasteiger partial charge in [0.2, 0.25) is 11.7 Å². The molecule has 1 aromatic heterocycles. The van der Waals surface area contributed by atoms with Crippen LogP contribution in [0.25, 0.3) is 10.9 Å². The number of nitrogens with zero attached hydrogens (tertiary/aromatic N) is 2. The number of allylic oxidation sites excluding steroid dienone is 4. The maximum atomic E-state index is 13.4. The van der Waals surface area contributed by atoms with Crippen molar-refractivity contribution >= 4 is 28.7 Å². The Morgan fingerprint density at radius 1 is 1.03 bits per heavy atom. The highest BCUT2D eigenvalue weighted by atomic mass is 16.6. The maximum Gasteiger partial charge on any atom is 0.408 e. The largest absolute Gasteiger partial charge is 0.444 e. The number of para-hydroxylation sites is 1. The van der Waals surface area contributed by atoms with Crippen molar-refractivity contribution in [3.05, 3.63) is 101 Å². The lowest BCUT2D eigenvalue weighted by atomic mass is 9.94. The summed E-state index contributed by atoms with van der Waals surface area (Å²) in [5.74, 6) is -0.872. The second-order valence-electron chi connectivity index (χ2n) is 9.81. The summed E-state index contributed by atoms with van der Waals surface area (Å²) in [4.78, 5) is 47.9. The highest BCUT2D eigenvalue weighted by Gasteiger charge is 2.26. The number of carbonyl (C=O) groups excluding carboxylic acids is 2. The van der Waals surface area contributed by atoms with E-state index in [0.717, 1.165) is 10.9 Å². The lowest BCUT2D eigenvalue weighted by molar-refractivity contribution is -0.118. The molecular formula is C29H30N4O4. The number of alkyl carbamates (subject to hydrolysis) is 1. The van der Waals surface area contributed by atoms with E-state index < -0.39 is 29.2 Å². The number of benzene rings is 2. The molecule has 2 aromatic carbocycles. The summed E-state index contributed by atoms with van der Waals surface area (Å²) in [6.45, 7) is 5.22. The SMILES string of the molecule is CC(C)(C)OC(=O)N[C@@H](Cc1ccccc1)C(=O)Nc1nc(C2C=CC=CC2)c2ccccc2nc1=O. The third-order valence-corrected chi connectivity index (χ3v) is 5.70. The van der Waals surface area contributed by atoms with Crippen LogP contribution in [0.5, 0.6) is 0 Å². The van der Waals surface area contributed by atoms with E-state index in [1.54, 1.807) is 32.9 Å². The van der Waals surface area contributed by atoms with Crippen molar-refractivity contribution in [2.45, 2.75) is 51.2 Å². The fraction of sp³-hybridized carbons (Fsp3) is 0.276. The van der Waals surface area contributed by atoms with Gasteiger partial charge in [-0.2, -0.15) is 0 Å². The van der Waals surface area contributed by atoms with E-state index in [4.69, 9.17) is 4.74 Å². The van der Waals surface area contributed by atoms with Gasteiger partial charge < -0.3 is 15.4 Å². The molecule has 0 radical (unpaired) electrons. The monoisotopic (exact) mass is 498 g/mol. The van der Waals surface area contributed by atoms with Gasteiger partial charge >= 0.3 is 11.7 Å². The topological polar surface area (TPSA) is 110 Å². The first-order chi connectivity index (χ1) is 17.7. The summed E-state index contributed by atoms with van der Waals surface area (Å²) in [5.41, 5.74) is 0.556. The molecule has 0 saturated heterocycles. The van der Waals surface area contributed by atoms with Gasteiger partial charge in [0.1, 0.15) is 11.6 Å². The summed E-state index contributed by atoms with van der Waals surface area (Å²) in [5, 5.41) is 6.01. The standard InChI is InChI=1S/C29H30N4O4/c1-29(2,3)37-28(36)31-23(18-19-12-6-4-7-13-19)26(34)33-25-27(35)30-22-17-11-10-16-21(22)24(32-25)20-14-8-5-9-15-20/h4-14,16-17,20,23H,15,18H2,1-3H3,(H,31,36)(H,30,32,33,34,35)/t20?,23-/m0/s1. The highest BCUT2D eigenvalue weighted by Crippen LogP contribution is 2.28. The van der Waals surface area contributed by atoms with Gasteiger partial charge in [-0.15, -0.1) is 0 Å². The van der Waals surface area contributed by atoms with Gasteiger partial charge in [-0.25, -0.2) is 14.8 Å². The van der Waals surface area contributed by atoms with E-state index in [9.17, 15) is 14.4 Å². The fourth-order valence-electron chi connectivity index (χ4n) is 4.04. The van der Waals surface area contributed by atoms with E-state index in [2.05, 4.69) is 20.6 Å². The number of hydrogen-bond acceptors (Lipinski definition) is 6. The van der Waals surface area contributed by atoms with Gasteiger partial charge in [-0.05, 0) is 38.8 Å². The zero-order valence-corrected chi connectivity index (χ0v) is 21.1. The minimum absolute atomic E-state index is 0.0841. The van der Waals surface area contributed by atoms with Gasteiger partial charge in [0, 0.05) is 17.7 Å². The minimum Gasteiger partial charge on any atom is -0.444 e. The zero-order valence-electron chi connectivity index (χ0n) is 21.1. The molecule has 2 N–H and O–H groups in total. The summed E-state index contributed by atoms with van der Waals surface area (Å²) in [6.07, 6.45) is 8.08. The molecule has 1 unspecified atom stereocenters. The summed E-state index contributed by atoms with van der Waals surface area (Å²) in [7, 11) is 0. The third kappa shape index (κ3) is 6.88. The first-order valence-corrected chi connectivity index (χ1v) is 12.2. The number of ether oxygens (including phenoxy) is 1. The summed E-state index contributed by atoms with van der Waals surface area (Å²) >= 11 is 0. The molecule has 0 bridgehead atoms. The Kier molecular flexibility index (Phi) is 7.77. The molecule has 8 heteroatoms. The van der Waals surface area contributed by atoms with Gasteiger partial charge in [0.25, 0.3) is 0 Å². The molecule has 37 heavy (non-hydrogen) atoms. The highest BCUT2D eigenvalue weighted by molar-refractivity contribution is 5.96. The van der Waals surface area contributed by atoms with Crippen LogP contribution in [0.1, 0.15) is 44.4 Å². The number of rotatable bonds is 6. The molecule has 2 amide bonds. The summed E-state index contributed by atoms with van der Waals surface area (Å²) < 4.78 is 5.36. The van der Waals surface area contributed by atoms with Gasteiger partial charge in [-0.3, -0.25) is 9.59 Å². The molecule has 1 aliphatic rings. The predicted molar refractivity (Wildman–Crippen MR) is 143 cm³/mol. The van der Waals surface area contributed by atoms with E-state index in [1.165, 1.54) is 0 Å². The Labute approximate surface area is 215 Å². The fourth-order valence-corrected chi connectivity index (χ4v) is 4.04. The van der Waals surface area contributed by atoms with Gasteiger partial charge in [0.15, 0.2) is 0 Å². The van der Waals surface area contributed by atoms with Crippen molar-refractivity contribution < 1.29 is 14.3 Å². The Hall–Kier alpha value is -4.33. The lowest BCUT2D eigenvalue weighted by Crippen LogP contribution is -2.47. The molecule has 2 atom stereocenters. The number of aromatic nitrogens is 2. The number of carbonyl (C=O) groups is 2. The smallest absolute Gasteiger partial charge is 0.408 e. The van der Waals surface area contributed by atoms with Crippen LogP contribution >= 0.6 is 0 Å². The number of anilines is 1. The number of fused-ring (bicyclic) bond motifs is 1. The maximum absolute atomic E-state index is 13.4. The molecule has 8 nitrogen and oxygen atoms in total. The number of hydrogen-bond donors (Lipinski definition) is 2. The van der Waals surface area contributed by atoms with Crippen molar-refractivity contribution in [2.75, 3.05) is 5.32 Å². The molecule has 190 valence electrons. The average molecular weight is 499 g/mol. The van der Waals surface area contributed by atoms with Gasteiger partial charge in [-0.1, -0.05) is 72.8 Å². The normalized spacial score (nSPS) is 15.7. The van der Waals surface area contributed by atoms with E-state index in [0.29, 0.717) is 17.6 Å². The second-order valence-corrected chi connectivity index (χ2v) is 9.81. The van der Waals surface area contributed by atoms with Crippen molar-refractivity contribution in [3.63, 3.8) is 0 Å². The molecule has 1 aliphatic carbocycles. The molecular weight excluding hydrogens is 468 g/mol. The third-order valence-electron chi connectivity index (χ3n) is 5.70. The van der Waals surface area contributed by atoms with E-state index in [1.807, 2.05) is 66.8 Å². The Morgan fingerprint density at radius 2 is 1.76 bits per heavy atom. The van der Waals surface area contributed by atoms with Crippen molar-refractivity contribution in [3.8, 4) is 0 Å². The van der Waals surface area contributed by atoms with E-state index in [-0.39, 0.29) is 18.2 Å². The zero-order chi connectivity index (χ0) is 26.4. The quantitative estimate of drug-likeness (QED) is 0.511. The van der Waals surface area contributed by atoms with Crippen molar-refractivity contribution in [1.29, 1.82) is 0 Å². The number of amides is 2. The van der Waals surface area contributed by atoms with E-state index >= 15 is 0 Å². The first-order valence-electron chi connectivity index (χ1n) is 12.2. The predicted octanol–water partition coefficient (Wildman–Crippen LogP) is 4.66. The van der Waals surface area contributed by atoms with Crippen LogP contribution in [0.2, 0.25) is 0 Å². The second kappa shape index (κ2) is 11.2. The van der Waals surface area contributed by atoms with Crippen LogP contribution < -0.4 is 16.2 Å². The minimum atomic E-state index is -1.01. The van der Waals surface area contributed by atoms with Crippen LogP contribution in [-0.2, 0) is 16.0 Å². The average Bonchev–Trinajstić information content (AvgIpc) is 3.00. The van der Waals surface area contributed by atoms with Crippen LogP contribution in [0.15, 0.2) is 83.7 Å². The van der Waals surface area contributed by atoms with Crippen LogP contribution in [0.4, 0.5) is 10.6 Å². The molecule has 0 aliphatic heterocycles. The molecule has 1 heterocycles. The van der Waals surface area contributed by atoms with Crippen LogP contribution in [0, 0.1) is 0 Å². The lowest BCUT2D eigenvalue weighted by Gasteiger charge is -2.23.